The van der Waals surface area contributed by atoms with Gasteiger partial charge >= 0.3 is 0 Å². The van der Waals surface area contributed by atoms with Gasteiger partial charge in [0.2, 0.25) is 0 Å². The van der Waals surface area contributed by atoms with Crippen molar-refractivity contribution in [1.82, 2.24) is 9.97 Å². The molecule has 2 N–H and O–H groups in total. The normalized spacial score (nSPS) is 10.3. The minimum absolute atomic E-state index is 0.316. The Morgan fingerprint density at radius 1 is 1.21 bits per heavy atom. The molecule has 0 unspecified atom stereocenters. The highest BCUT2D eigenvalue weighted by Gasteiger charge is 2.05. The third-order valence-electron chi connectivity index (χ3n) is 2.54. The maximum absolute atomic E-state index is 13.4. The van der Waals surface area contributed by atoms with E-state index in [9.17, 15) is 4.39 Å². The summed E-state index contributed by atoms with van der Waals surface area (Å²) in [7, 11) is 1.80. The predicted molar refractivity (Wildman–Crippen MR) is 78.3 cm³/mol. The van der Waals surface area contributed by atoms with Crippen molar-refractivity contribution in [2.75, 3.05) is 17.7 Å². The molecule has 0 saturated heterocycles. The van der Waals surface area contributed by atoms with Gasteiger partial charge in [0.1, 0.15) is 23.3 Å². The molecule has 0 aliphatic heterocycles. The summed E-state index contributed by atoms with van der Waals surface area (Å²) in [5.41, 5.74) is 0.642. The number of nitrogens with zero attached hydrogens (tertiary/aromatic N) is 2. The monoisotopic (exact) mass is 324 g/mol. The molecular weight excluding hydrogens is 311 g/mol. The van der Waals surface area contributed by atoms with Gasteiger partial charge in [-0.1, -0.05) is 6.92 Å². The van der Waals surface area contributed by atoms with Crippen LogP contribution in [0.2, 0.25) is 0 Å². The van der Waals surface area contributed by atoms with Gasteiger partial charge in [-0.2, -0.15) is 0 Å². The lowest BCUT2D eigenvalue weighted by molar-refractivity contribution is 0.622. The smallest absolute Gasteiger partial charge is 0.139 e. The zero-order valence-corrected chi connectivity index (χ0v) is 12.3. The lowest BCUT2D eigenvalue weighted by Gasteiger charge is -2.09. The Kier molecular flexibility index (Phi) is 4.31. The highest BCUT2D eigenvalue weighted by molar-refractivity contribution is 9.10. The lowest BCUT2D eigenvalue weighted by Crippen LogP contribution is -2.03. The van der Waals surface area contributed by atoms with Crippen molar-refractivity contribution in [3.05, 3.63) is 40.4 Å². The first-order chi connectivity index (χ1) is 9.12. The highest BCUT2D eigenvalue weighted by atomic mass is 79.9. The van der Waals surface area contributed by atoms with E-state index >= 15 is 0 Å². The Labute approximate surface area is 119 Å². The average molecular weight is 325 g/mol. The number of benzene rings is 1. The molecular formula is C13H14BrFN4. The van der Waals surface area contributed by atoms with Gasteiger partial charge in [0.15, 0.2) is 0 Å². The largest absolute Gasteiger partial charge is 0.373 e. The van der Waals surface area contributed by atoms with Crippen LogP contribution in [-0.2, 0) is 6.42 Å². The molecule has 6 heteroatoms. The zero-order chi connectivity index (χ0) is 13.8. The third-order valence-corrected chi connectivity index (χ3v) is 3.18. The molecule has 2 rings (SSSR count). The Morgan fingerprint density at radius 2 is 1.95 bits per heavy atom. The van der Waals surface area contributed by atoms with Gasteiger partial charge < -0.3 is 10.6 Å². The fourth-order valence-corrected chi connectivity index (χ4v) is 1.82. The highest BCUT2D eigenvalue weighted by Crippen LogP contribution is 2.22. The molecule has 1 aromatic heterocycles. The van der Waals surface area contributed by atoms with Crippen LogP contribution in [0.4, 0.5) is 21.7 Å². The number of hydrogen-bond acceptors (Lipinski definition) is 4. The molecule has 0 saturated carbocycles. The second-order valence-corrected chi connectivity index (χ2v) is 4.77. The first-order valence-electron chi connectivity index (χ1n) is 5.90. The number of hydrogen-bond donors (Lipinski definition) is 2. The van der Waals surface area contributed by atoms with Crippen LogP contribution in [0, 0.1) is 5.82 Å². The first-order valence-corrected chi connectivity index (χ1v) is 6.69. The van der Waals surface area contributed by atoms with Gasteiger partial charge in [0.05, 0.1) is 4.47 Å². The molecule has 2 aromatic rings. The molecule has 0 aliphatic rings. The van der Waals surface area contributed by atoms with Gasteiger partial charge in [-0.3, -0.25) is 0 Å². The summed E-state index contributed by atoms with van der Waals surface area (Å²) in [6, 6.07) is 6.62. The van der Waals surface area contributed by atoms with E-state index in [-0.39, 0.29) is 5.82 Å². The maximum Gasteiger partial charge on any atom is 0.139 e. The summed E-state index contributed by atoms with van der Waals surface area (Å²) in [6.45, 7) is 1.98. The number of halogens is 2. The molecule has 0 aliphatic carbocycles. The van der Waals surface area contributed by atoms with Crippen LogP contribution in [0.1, 0.15) is 12.7 Å². The van der Waals surface area contributed by atoms with Crippen LogP contribution in [-0.4, -0.2) is 17.0 Å². The molecule has 0 fully saturated rings. The average Bonchev–Trinajstić information content (AvgIpc) is 2.42. The van der Waals surface area contributed by atoms with Gasteiger partial charge in [-0.05, 0) is 34.1 Å². The van der Waals surface area contributed by atoms with E-state index in [0.29, 0.717) is 16.0 Å². The van der Waals surface area contributed by atoms with E-state index in [2.05, 4.69) is 36.5 Å². The van der Waals surface area contributed by atoms with Crippen LogP contribution in [0.3, 0.4) is 0 Å². The molecule has 4 nitrogen and oxygen atoms in total. The number of aromatic nitrogens is 2. The van der Waals surface area contributed by atoms with Crippen molar-refractivity contribution in [3.63, 3.8) is 0 Å². The second kappa shape index (κ2) is 5.97. The number of rotatable bonds is 4. The van der Waals surface area contributed by atoms with Gasteiger partial charge in [-0.15, -0.1) is 0 Å². The zero-order valence-electron chi connectivity index (χ0n) is 10.7. The molecule has 100 valence electrons. The molecule has 1 aromatic carbocycles. The van der Waals surface area contributed by atoms with Crippen LogP contribution in [0.5, 0.6) is 0 Å². The van der Waals surface area contributed by atoms with E-state index in [1.165, 1.54) is 6.07 Å². The summed E-state index contributed by atoms with van der Waals surface area (Å²) in [6.07, 6.45) is 0.735. The Balaban J connectivity index is 2.29. The minimum atomic E-state index is -0.316. The fraction of sp³-hybridized carbons (Fsp3) is 0.231. The summed E-state index contributed by atoms with van der Waals surface area (Å²) in [4.78, 5) is 8.65. The lowest BCUT2D eigenvalue weighted by atomic mass is 10.3. The predicted octanol–water partition coefficient (Wildman–Crippen LogP) is 3.73. The van der Waals surface area contributed by atoms with Crippen molar-refractivity contribution in [2.45, 2.75) is 13.3 Å². The van der Waals surface area contributed by atoms with Crippen LogP contribution >= 0.6 is 15.9 Å². The first kappa shape index (κ1) is 13.7. The fourth-order valence-electron chi connectivity index (χ4n) is 1.57. The van der Waals surface area contributed by atoms with Crippen molar-refractivity contribution in [2.24, 2.45) is 0 Å². The Morgan fingerprint density at radius 3 is 2.58 bits per heavy atom. The van der Waals surface area contributed by atoms with Crippen molar-refractivity contribution in [1.29, 1.82) is 0 Å². The van der Waals surface area contributed by atoms with E-state index in [1.54, 1.807) is 25.2 Å². The molecule has 0 radical (unpaired) electrons. The van der Waals surface area contributed by atoms with E-state index in [0.717, 1.165) is 18.1 Å². The molecule has 19 heavy (non-hydrogen) atoms. The minimum Gasteiger partial charge on any atom is -0.373 e. The molecule has 0 spiro atoms. The van der Waals surface area contributed by atoms with Crippen molar-refractivity contribution >= 4 is 33.3 Å². The molecule has 1 heterocycles. The van der Waals surface area contributed by atoms with Gasteiger partial charge in [0, 0.05) is 25.2 Å². The SMILES string of the molecule is CCc1nc(NC)cc(Nc2ccc(Br)c(F)c2)n1. The quantitative estimate of drug-likeness (QED) is 0.899. The van der Waals surface area contributed by atoms with Crippen molar-refractivity contribution in [3.8, 4) is 0 Å². The van der Waals surface area contributed by atoms with E-state index in [4.69, 9.17) is 0 Å². The summed E-state index contributed by atoms with van der Waals surface area (Å²) >= 11 is 3.12. The van der Waals surface area contributed by atoms with Crippen LogP contribution in [0.15, 0.2) is 28.7 Å². The Hall–Kier alpha value is -1.69. The molecule has 0 atom stereocenters. The van der Waals surface area contributed by atoms with E-state index in [1.807, 2.05) is 6.92 Å². The van der Waals surface area contributed by atoms with E-state index < -0.39 is 0 Å². The second-order valence-electron chi connectivity index (χ2n) is 3.91. The number of nitrogens with one attached hydrogen (secondary N) is 2. The summed E-state index contributed by atoms with van der Waals surface area (Å²) < 4.78 is 13.9. The maximum atomic E-state index is 13.4. The third kappa shape index (κ3) is 3.41. The molecule has 0 bridgehead atoms. The summed E-state index contributed by atoms with van der Waals surface area (Å²) in [5.74, 6) is 1.78. The Bertz CT molecular complexity index is 567. The van der Waals surface area contributed by atoms with Crippen LogP contribution in [0.25, 0.3) is 0 Å². The van der Waals surface area contributed by atoms with Crippen LogP contribution < -0.4 is 10.6 Å². The number of anilines is 3. The van der Waals surface area contributed by atoms with Gasteiger partial charge in [0.25, 0.3) is 0 Å². The number of aryl methyl sites for hydroxylation is 1. The standard InChI is InChI=1S/C13H14BrFN4/c1-3-11-18-12(16-2)7-13(19-11)17-8-4-5-9(14)10(15)6-8/h4-7H,3H2,1-2H3,(H2,16,17,18,19). The van der Waals surface area contributed by atoms with Gasteiger partial charge in [-0.25, -0.2) is 14.4 Å². The topological polar surface area (TPSA) is 49.8 Å². The summed E-state index contributed by atoms with van der Waals surface area (Å²) in [5, 5.41) is 6.05. The molecule has 0 amide bonds. The van der Waals surface area contributed by atoms with Crippen molar-refractivity contribution < 1.29 is 4.39 Å².